The van der Waals surface area contributed by atoms with Gasteiger partial charge in [-0.1, -0.05) is 26.0 Å². The van der Waals surface area contributed by atoms with Gasteiger partial charge in [0.1, 0.15) is 5.75 Å². The molecule has 1 heterocycles. The molecule has 0 N–H and O–H groups in total. The van der Waals surface area contributed by atoms with E-state index >= 15 is 0 Å². The molecule has 0 atom stereocenters. The largest absolute Gasteiger partial charge is 0.429 e. The van der Waals surface area contributed by atoms with E-state index in [-0.39, 0.29) is 0 Å². The van der Waals surface area contributed by atoms with Gasteiger partial charge < -0.3 is 9.15 Å². The van der Waals surface area contributed by atoms with Crippen LogP contribution < -0.4 is 4.74 Å². The Bertz CT molecular complexity index is 790. The Hall–Kier alpha value is -2.95. The standard InChI is InChI=1S/C18H16N2O3/c1-12(2)13-3-5-14(6-4-13)17-19-20-18(23-17)15-7-9-16(10-8-15)22-11-21/h3-12H,1-2H3. The second-order valence-electron chi connectivity index (χ2n) is 5.43. The van der Waals surface area contributed by atoms with E-state index in [9.17, 15) is 4.79 Å². The number of hydrogen-bond donors (Lipinski definition) is 0. The number of nitrogens with zero attached hydrogens (tertiary/aromatic N) is 2. The highest BCUT2D eigenvalue weighted by Crippen LogP contribution is 2.26. The summed E-state index contributed by atoms with van der Waals surface area (Å²) in [4.78, 5) is 10.3. The number of benzene rings is 2. The lowest BCUT2D eigenvalue weighted by Crippen LogP contribution is -1.87. The van der Waals surface area contributed by atoms with Crippen LogP contribution in [0.2, 0.25) is 0 Å². The topological polar surface area (TPSA) is 65.2 Å². The van der Waals surface area contributed by atoms with Crippen molar-refractivity contribution in [1.82, 2.24) is 10.2 Å². The summed E-state index contributed by atoms with van der Waals surface area (Å²) in [5.74, 6) is 1.84. The Labute approximate surface area is 133 Å². The van der Waals surface area contributed by atoms with Gasteiger partial charge in [-0.05, 0) is 47.9 Å². The highest BCUT2D eigenvalue weighted by atomic mass is 16.5. The summed E-state index contributed by atoms with van der Waals surface area (Å²) in [5.41, 5.74) is 2.91. The molecule has 0 aliphatic rings. The summed E-state index contributed by atoms with van der Waals surface area (Å²) in [6.45, 7) is 4.69. The second-order valence-corrected chi connectivity index (χ2v) is 5.43. The molecule has 0 radical (unpaired) electrons. The minimum Gasteiger partial charge on any atom is -0.429 e. The molecule has 1 aromatic heterocycles. The van der Waals surface area contributed by atoms with Gasteiger partial charge in [0.15, 0.2) is 0 Å². The Morgan fingerprint density at radius 3 is 1.91 bits per heavy atom. The maximum absolute atomic E-state index is 10.3. The Kier molecular flexibility index (Phi) is 4.19. The van der Waals surface area contributed by atoms with E-state index in [1.54, 1.807) is 24.3 Å². The van der Waals surface area contributed by atoms with E-state index in [1.165, 1.54) is 5.56 Å². The smallest absolute Gasteiger partial charge is 0.298 e. The minimum atomic E-state index is 0.390. The number of carbonyl (C=O) groups excluding carboxylic acids is 1. The molecule has 0 amide bonds. The first-order valence-electron chi connectivity index (χ1n) is 7.32. The van der Waals surface area contributed by atoms with Gasteiger partial charge in [-0.15, -0.1) is 10.2 Å². The molecule has 0 unspecified atom stereocenters. The SMILES string of the molecule is CC(C)c1ccc(-c2nnc(-c3ccc(OC=O)cc3)o2)cc1. The molecule has 23 heavy (non-hydrogen) atoms. The van der Waals surface area contributed by atoms with Crippen LogP contribution >= 0.6 is 0 Å². The van der Waals surface area contributed by atoms with Crippen molar-refractivity contribution >= 4 is 6.47 Å². The average molecular weight is 308 g/mol. The quantitative estimate of drug-likeness (QED) is 0.665. The van der Waals surface area contributed by atoms with Crippen molar-refractivity contribution in [2.45, 2.75) is 19.8 Å². The van der Waals surface area contributed by atoms with Gasteiger partial charge in [-0.2, -0.15) is 0 Å². The number of hydrogen-bond acceptors (Lipinski definition) is 5. The number of aromatic nitrogens is 2. The molecule has 2 aromatic carbocycles. The second kappa shape index (κ2) is 6.44. The molecule has 116 valence electrons. The van der Waals surface area contributed by atoms with E-state index in [0.717, 1.165) is 11.1 Å². The number of rotatable bonds is 5. The lowest BCUT2D eigenvalue weighted by molar-refractivity contribution is -0.120. The van der Waals surface area contributed by atoms with Crippen LogP contribution in [-0.2, 0) is 4.79 Å². The molecule has 5 heteroatoms. The van der Waals surface area contributed by atoms with Crippen molar-refractivity contribution < 1.29 is 13.9 Å². The summed E-state index contributed by atoms with van der Waals surface area (Å²) in [7, 11) is 0. The van der Waals surface area contributed by atoms with Gasteiger partial charge in [-0.25, -0.2) is 0 Å². The molecule has 3 aromatic rings. The molecular formula is C18H16N2O3. The number of ether oxygens (including phenoxy) is 1. The van der Waals surface area contributed by atoms with Crippen LogP contribution in [0.4, 0.5) is 0 Å². The third-order valence-electron chi connectivity index (χ3n) is 3.53. The first-order chi connectivity index (χ1) is 11.2. The summed E-state index contributed by atoms with van der Waals surface area (Å²) >= 11 is 0. The van der Waals surface area contributed by atoms with Crippen LogP contribution in [-0.4, -0.2) is 16.7 Å². The molecule has 0 saturated heterocycles. The zero-order valence-corrected chi connectivity index (χ0v) is 12.9. The molecule has 3 rings (SSSR count). The highest BCUT2D eigenvalue weighted by Gasteiger charge is 2.11. The van der Waals surface area contributed by atoms with Gasteiger partial charge in [0.05, 0.1) is 0 Å². The highest BCUT2D eigenvalue weighted by molar-refractivity contribution is 5.59. The zero-order chi connectivity index (χ0) is 16.2. The third-order valence-corrected chi connectivity index (χ3v) is 3.53. The summed E-state index contributed by atoms with van der Waals surface area (Å²) in [5, 5.41) is 8.16. The van der Waals surface area contributed by atoms with E-state index in [2.05, 4.69) is 36.2 Å². The van der Waals surface area contributed by atoms with Crippen molar-refractivity contribution in [3.05, 3.63) is 54.1 Å². The summed E-state index contributed by atoms with van der Waals surface area (Å²) in [6, 6.07) is 15.0. The van der Waals surface area contributed by atoms with Crippen molar-refractivity contribution in [3.63, 3.8) is 0 Å². The van der Waals surface area contributed by atoms with Gasteiger partial charge in [0, 0.05) is 11.1 Å². The predicted molar refractivity (Wildman–Crippen MR) is 86.0 cm³/mol. The molecule has 5 nitrogen and oxygen atoms in total. The maximum atomic E-state index is 10.3. The van der Waals surface area contributed by atoms with Crippen LogP contribution in [0.1, 0.15) is 25.3 Å². The lowest BCUT2D eigenvalue weighted by Gasteiger charge is -2.04. The van der Waals surface area contributed by atoms with Gasteiger partial charge in [-0.3, -0.25) is 4.79 Å². The molecular weight excluding hydrogens is 292 g/mol. The van der Waals surface area contributed by atoms with Crippen LogP contribution in [0, 0.1) is 0 Å². The van der Waals surface area contributed by atoms with Crippen molar-refractivity contribution in [2.24, 2.45) is 0 Å². The van der Waals surface area contributed by atoms with Crippen LogP contribution in [0.15, 0.2) is 52.9 Å². The maximum Gasteiger partial charge on any atom is 0.298 e. The third kappa shape index (κ3) is 3.29. The van der Waals surface area contributed by atoms with Crippen LogP contribution in [0.3, 0.4) is 0 Å². The van der Waals surface area contributed by atoms with Crippen molar-refractivity contribution in [2.75, 3.05) is 0 Å². The van der Waals surface area contributed by atoms with E-state index in [0.29, 0.717) is 29.9 Å². The van der Waals surface area contributed by atoms with Crippen molar-refractivity contribution in [1.29, 1.82) is 0 Å². The molecule has 0 aliphatic carbocycles. The van der Waals surface area contributed by atoms with E-state index in [1.807, 2.05) is 12.1 Å². The van der Waals surface area contributed by atoms with Gasteiger partial charge in [0.2, 0.25) is 11.8 Å². The predicted octanol–water partition coefficient (Wildman–Crippen LogP) is 4.06. The van der Waals surface area contributed by atoms with E-state index < -0.39 is 0 Å². The Morgan fingerprint density at radius 2 is 1.43 bits per heavy atom. The average Bonchev–Trinajstić information content (AvgIpc) is 3.06. The van der Waals surface area contributed by atoms with Gasteiger partial charge in [0.25, 0.3) is 6.47 Å². The van der Waals surface area contributed by atoms with Gasteiger partial charge >= 0.3 is 0 Å². The first kappa shape index (κ1) is 15.0. The lowest BCUT2D eigenvalue weighted by atomic mass is 10.0. The molecule has 0 aliphatic heterocycles. The monoisotopic (exact) mass is 308 g/mol. The molecule has 0 saturated carbocycles. The fourth-order valence-corrected chi connectivity index (χ4v) is 2.20. The Balaban J connectivity index is 1.83. The summed E-state index contributed by atoms with van der Waals surface area (Å²) in [6.07, 6.45) is 0. The van der Waals surface area contributed by atoms with Crippen LogP contribution in [0.25, 0.3) is 22.9 Å². The van der Waals surface area contributed by atoms with E-state index in [4.69, 9.17) is 9.15 Å². The molecule has 0 bridgehead atoms. The Morgan fingerprint density at radius 1 is 0.913 bits per heavy atom. The van der Waals surface area contributed by atoms with Crippen LogP contribution in [0.5, 0.6) is 5.75 Å². The summed E-state index contributed by atoms with van der Waals surface area (Å²) < 4.78 is 10.5. The normalized spacial score (nSPS) is 10.7. The first-order valence-corrected chi connectivity index (χ1v) is 7.32. The molecule has 0 fully saturated rings. The fraction of sp³-hybridized carbons (Fsp3) is 0.167. The van der Waals surface area contributed by atoms with Crippen molar-refractivity contribution in [3.8, 4) is 28.7 Å². The minimum absolute atomic E-state index is 0.390. The fourth-order valence-electron chi connectivity index (χ4n) is 2.20. The molecule has 0 spiro atoms. The zero-order valence-electron chi connectivity index (χ0n) is 12.9. The number of carbonyl (C=O) groups is 1.